The van der Waals surface area contributed by atoms with Crippen LogP contribution in [0.5, 0.6) is 0 Å². The van der Waals surface area contributed by atoms with Gasteiger partial charge >= 0.3 is 0 Å². The molecule has 1 fully saturated rings. The van der Waals surface area contributed by atoms with Gasteiger partial charge in [-0.1, -0.05) is 36.1 Å². The number of thiocarbonyl (C=S) groups is 1. The maximum absolute atomic E-state index is 12.3. The molecule has 106 valence electrons. The van der Waals surface area contributed by atoms with E-state index in [0.29, 0.717) is 10.9 Å². The van der Waals surface area contributed by atoms with Crippen LogP contribution in [-0.2, 0) is 4.79 Å². The normalized spacial score (nSPS) is 24.9. The van der Waals surface area contributed by atoms with Crippen molar-refractivity contribution in [3.8, 4) is 0 Å². The molecule has 1 saturated heterocycles. The first-order valence-corrected chi connectivity index (χ1v) is 8.30. The lowest BCUT2D eigenvalue weighted by atomic mass is 10.2. The summed E-state index contributed by atoms with van der Waals surface area (Å²) in [5, 5.41) is 0. The molecule has 3 nitrogen and oxygen atoms in total. The summed E-state index contributed by atoms with van der Waals surface area (Å²) in [6.07, 6.45) is 9.88. The van der Waals surface area contributed by atoms with Gasteiger partial charge in [0, 0.05) is 25.3 Å². The third kappa shape index (κ3) is 2.44. The molecule has 0 unspecified atom stereocenters. The molecule has 3 aliphatic rings. The van der Waals surface area contributed by atoms with E-state index in [4.69, 9.17) is 12.2 Å². The van der Waals surface area contributed by atoms with Crippen LogP contribution in [0.1, 0.15) is 26.2 Å². The van der Waals surface area contributed by atoms with Gasteiger partial charge in [-0.15, -0.1) is 0 Å². The molecule has 0 bridgehead atoms. The van der Waals surface area contributed by atoms with Crippen LogP contribution >= 0.6 is 24.0 Å². The summed E-state index contributed by atoms with van der Waals surface area (Å²) in [6.45, 7) is 4.62. The van der Waals surface area contributed by atoms with Crippen LogP contribution in [0.25, 0.3) is 0 Å². The van der Waals surface area contributed by atoms with E-state index in [1.807, 2.05) is 6.92 Å². The third-order valence-electron chi connectivity index (χ3n) is 3.93. The van der Waals surface area contributed by atoms with Crippen molar-refractivity contribution in [3.05, 3.63) is 34.4 Å². The molecular weight excluding hydrogens is 288 g/mol. The summed E-state index contributed by atoms with van der Waals surface area (Å²) >= 11 is 6.70. The number of carbonyl (C=O) groups excluding carboxylic acids is 1. The Kier molecular flexibility index (Phi) is 3.98. The minimum atomic E-state index is 0.0702. The molecule has 20 heavy (non-hydrogen) atoms. The second kappa shape index (κ2) is 5.74. The van der Waals surface area contributed by atoms with Gasteiger partial charge in [-0.2, -0.15) is 0 Å². The topological polar surface area (TPSA) is 23.6 Å². The van der Waals surface area contributed by atoms with E-state index in [9.17, 15) is 4.79 Å². The molecule has 0 spiro atoms. The summed E-state index contributed by atoms with van der Waals surface area (Å²) in [5.74, 6) is 0.0702. The summed E-state index contributed by atoms with van der Waals surface area (Å²) in [4.78, 5) is 17.1. The monoisotopic (exact) mass is 306 g/mol. The maximum Gasteiger partial charge on any atom is 0.266 e. The molecule has 5 heteroatoms. The quantitative estimate of drug-likeness (QED) is 0.454. The average molecular weight is 306 g/mol. The Bertz CT molecular complexity index is 540. The molecular formula is C15H18N2OS2. The van der Waals surface area contributed by atoms with Crippen LogP contribution < -0.4 is 0 Å². The number of amides is 1. The van der Waals surface area contributed by atoms with Gasteiger partial charge in [0.1, 0.15) is 4.32 Å². The number of hydrogen-bond acceptors (Lipinski definition) is 4. The summed E-state index contributed by atoms with van der Waals surface area (Å²) < 4.78 is 0.687. The molecule has 0 radical (unpaired) electrons. The van der Waals surface area contributed by atoms with E-state index in [1.165, 1.54) is 29.5 Å². The van der Waals surface area contributed by atoms with E-state index in [0.717, 1.165) is 30.8 Å². The van der Waals surface area contributed by atoms with Crippen LogP contribution in [0, 0.1) is 0 Å². The van der Waals surface area contributed by atoms with Crippen LogP contribution in [0.2, 0.25) is 0 Å². The Hall–Kier alpha value is -1.07. The summed E-state index contributed by atoms with van der Waals surface area (Å²) in [7, 11) is 0. The smallest absolute Gasteiger partial charge is 0.266 e. The third-order valence-corrected chi connectivity index (χ3v) is 5.30. The zero-order valence-electron chi connectivity index (χ0n) is 11.6. The number of likely N-dealkylation sites (N-methyl/N-ethyl adjacent to an activating group) is 1. The van der Waals surface area contributed by atoms with Crippen molar-refractivity contribution in [2.24, 2.45) is 0 Å². The Morgan fingerprint density at radius 3 is 2.75 bits per heavy atom. The Balaban J connectivity index is 1.85. The fourth-order valence-corrected chi connectivity index (χ4v) is 4.29. The second-order valence-electron chi connectivity index (χ2n) is 5.13. The van der Waals surface area contributed by atoms with Crippen molar-refractivity contribution in [2.75, 3.05) is 19.6 Å². The van der Waals surface area contributed by atoms with Crippen LogP contribution in [0.3, 0.4) is 0 Å². The number of hydrogen-bond donors (Lipinski definition) is 0. The van der Waals surface area contributed by atoms with E-state index in [-0.39, 0.29) is 5.91 Å². The van der Waals surface area contributed by atoms with Gasteiger partial charge in [-0.05, 0) is 37.8 Å². The van der Waals surface area contributed by atoms with E-state index in [1.54, 1.807) is 4.90 Å². The number of carbonyl (C=O) groups is 1. The first kappa shape index (κ1) is 13.9. The average Bonchev–Trinajstić information content (AvgIpc) is 3.12. The zero-order valence-corrected chi connectivity index (χ0v) is 13.2. The fraction of sp³-hybridized carbons (Fsp3) is 0.467. The predicted octanol–water partition coefficient (Wildman–Crippen LogP) is 3.06. The largest absolute Gasteiger partial charge is 0.367 e. The second-order valence-corrected chi connectivity index (χ2v) is 6.80. The first-order valence-electron chi connectivity index (χ1n) is 7.08. The molecule has 0 aromatic rings. The number of thioether (sulfide) groups is 1. The van der Waals surface area contributed by atoms with Crippen LogP contribution in [-0.4, -0.2) is 39.7 Å². The van der Waals surface area contributed by atoms with Gasteiger partial charge in [0.2, 0.25) is 0 Å². The minimum Gasteiger partial charge on any atom is -0.367 e. The van der Waals surface area contributed by atoms with Crippen molar-refractivity contribution in [3.63, 3.8) is 0 Å². The molecule has 0 aromatic carbocycles. The van der Waals surface area contributed by atoms with Crippen LogP contribution in [0.15, 0.2) is 34.4 Å². The van der Waals surface area contributed by atoms with Gasteiger partial charge in [-0.3, -0.25) is 9.69 Å². The molecule has 0 aromatic heterocycles. The highest BCUT2D eigenvalue weighted by molar-refractivity contribution is 8.26. The molecule has 2 aliphatic heterocycles. The zero-order chi connectivity index (χ0) is 14.1. The minimum absolute atomic E-state index is 0.0702. The highest BCUT2D eigenvalue weighted by Crippen LogP contribution is 2.36. The number of nitrogens with zero attached hydrogens (tertiary/aromatic N) is 2. The lowest BCUT2D eigenvalue weighted by Gasteiger charge is -2.20. The molecule has 3 rings (SSSR count). The maximum atomic E-state index is 12.3. The van der Waals surface area contributed by atoms with Gasteiger partial charge in [0.05, 0.1) is 4.91 Å². The molecule has 0 saturated carbocycles. The lowest BCUT2D eigenvalue weighted by Crippen LogP contribution is -2.27. The fourth-order valence-electron chi connectivity index (χ4n) is 2.90. The Morgan fingerprint density at radius 1 is 1.35 bits per heavy atom. The van der Waals surface area contributed by atoms with Crippen molar-refractivity contribution in [1.82, 2.24) is 9.80 Å². The molecule has 1 aliphatic carbocycles. The van der Waals surface area contributed by atoms with Crippen LogP contribution in [0.4, 0.5) is 0 Å². The molecule has 2 heterocycles. The van der Waals surface area contributed by atoms with Crippen molar-refractivity contribution < 1.29 is 4.79 Å². The van der Waals surface area contributed by atoms with E-state index in [2.05, 4.69) is 23.1 Å². The first-order chi connectivity index (χ1) is 9.70. The highest BCUT2D eigenvalue weighted by atomic mass is 32.2. The predicted molar refractivity (Wildman–Crippen MR) is 87.2 cm³/mol. The SMILES string of the molecule is CCN1C(=O)C(=CC2=C(N3CC=CC3)CCC2)SC1=S. The summed E-state index contributed by atoms with van der Waals surface area (Å²) in [5.41, 5.74) is 2.74. The molecule has 1 amide bonds. The molecule has 0 N–H and O–H groups in total. The standard InChI is InChI=1S/C15H18N2OS2/c1-2-17-14(18)13(20-15(17)19)10-11-6-5-7-12(11)16-8-3-4-9-16/h3-4,10H,2,5-9H2,1H3. The van der Waals surface area contributed by atoms with Crippen molar-refractivity contribution >= 4 is 34.2 Å². The Morgan fingerprint density at radius 2 is 2.10 bits per heavy atom. The number of rotatable bonds is 3. The van der Waals surface area contributed by atoms with Gasteiger partial charge in [0.25, 0.3) is 5.91 Å². The van der Waals surface area contributed by atoms with Crippen molar-refractivity contribution in [1.29, 1.82) is 0 Å². The van der Waals surface area contributed by atoms with E-state index < -0.39 is 0 Å². The van der Waals surface area contributed by atoms with E-state index >= 15 is 0 Å². The van der Waals surface area contributed by atoms with Gasteiger partial charge in [-0.25, -0.2) is 0 Å². The summed E-state index contributed by atoms with van der Waals surface area (Å²) in [6, 6.07) is 0. The molecule has 0 atom stereocenters. The Labute approximate surface area is 129 Å². The van der Waals surface area contributed by atoms with Gasteiger partial charge in [0.15, 0.2) is 0 Å². The van der Waals surface area contributed by atoms with Crippen molar-refractivity contribution in [2.45, 2.75) is 26.2 Å². The highest BCUT2D eigenvalue weighted by Gasteiger charge is 2.31. The van der Waals surface area contributed by atoms with Gasteiger partial charge < -0.3 is 4.90 Å². The number of allylic oxidation sites excluding steroid dienone is 3. The lowest BCUT2D eigenvalue weighted by molar-refractivity contribution is -0.122.